The van der Waals surface area contributed by atoms with Crippen molar-refractivity contribution in [1.82, 2.24) is 0 Å². The van der Waals surface area contributed by atoms with Gasteiger partial charge in [-0.05, 0) is 67.4 Å². The summed E-state index contributed by atoms with van der Waals surface area (Å²) in [6, 6.07) is 18.5. The summed E-state index contributed by atoms with van der Waals surface area (Å²) in [5, 5.41) is 2.83. The maximum atomic E-state index is 12.6. The Morgan fingerprint density at radius 2 is 1.61 bits per heavy atom. The largest absolute Gasteiger partial charge is 0.322 e. The molecule has 0 aliphatic carbocycles. The molecule has 5 nitrogen and oxygen atoms in total. The van der Waals surface area contributed by atoms with Crippen LogP contribution in [-0.4, -0.2) is 14.3 Å². The highest BCUT2D eigenvalue weighted by molar-refractivity contribution is 9.10. The smallest absolute Gasteiger partial charge is 0.261 e. The number of aryl methyl sites for hydroxylation is 2. The first-order valence-corrected chi connectivity index (χ1v) is 10.8. The van der Waals surface area contributed by atoms with E-state index in [1.54, 1.807) is 43.3 Å². The third-order valence-electron chi connectivity index (χ3n) is 4.21. The summed E-state index contributed by atoms with van der Waals surface area (Å²) in [6.07, 6.45) is 0. The normalized spacial score (nSPS) is 11.1. The minimum Gasteiger partial charge on any atom is -0.322 e. The number of carbonyl (C=O) groups excluding carboxylic acids is 1. The molecule has 0 unspecified atom stereocenters. The van der Waals surface area contributed by atoms with E-state index in [0.717, 1.165) is 15.6 Å². The summed E-state index contributed by atoms with van der Waals surface area (Å²) < 4.78 is 28.7. The van der Waals surface area contributed by atoms with E-state index in [1.165, 1.54) is 18.2 Å². The minimum absolute atomic E-state index is 0.162. The molecule has 3 aromatic carbocycles. The number of nitrogens with one attached hydrogen (secondary N) is 2. The Kier molecular flexibility index (Phi) is 5.86. The summed E-state index contributed by atoms with van der Waals surface area (Å²) >= 11 is 3.43. The van der Waals surface area contributed by atoms with E-state index in [4.69, 9.17) is 0 Å². The number of anilines is 2. The van der Waals surface area contributed by atoms with Crippen molar-refractivity contribution in [3.8, 4) is 0 Å². The van der Waals surface area contributed by atoms with Crippen LogP contribution in [0.3, 0.4) is 0 Å². The zero-order valence-corrected chi connectivity index (χ0v) is 17.8. The van der Waals surface area contributed by atoms with Crippen molar-refractivity contribution in [3.63, 3.8) is 0 Å². The lowest BCUT2D eigenvalue weighted by molar-refractivity contribution is 0.102. The molecule has 2 N–H and O–H groups in total. The van der Waals surface area contributed by atoms with Gasteiger partial charge in [0.25, 0.3) is 15.9 Å². The zero-order valence-electron chi connectivity index (χ0n) is 15.4. The number of amides is 1. The van der Waals surface area contributed by atoms with Crippen LogP contribution in [0.2, 0.25) is 0 Å². The fourth-order valence-corrected chi connectivity index (χ4v) is 3.99. The number of hydrogen-bond acceptors (Lipinski definition) is 3. The Morgan fingerprint density at radius 3 is 2.29 bits per heavy atom. The van der Waals surface area contributed by atoms with Gasteiger partial charge in [-0.1, -0.05) is 40.2 Å². The lowest BCUT2D eigenvalue weighted by Crippen LogP contribution is -2.16. The Hall–Kier alpha value is -2.64. The van der Waals surface area contributed by atoms with Gasteiger partial charge in [0.15, 0.2) is 0 Å². The number of carbonyl (C=O) groups is 1. The summed E-state index contributed by atoms with van der Waals surface area (Å²) in [5.74, 6) is -0.318. The van der Waals surface area contributed by atoms with Crippen molar-refractivity contribution < 1.29 is 13.2 Å². The van der Waals surface area contributed by atoms with Gasteiger partial charge in [-0.3, -0.25) is 9.52 Å². The van der Waals surface area contributed by atoms with Crippen LogP contribution in [0.1, 0.15) is 21.5 Å². The highest BCUT2D eigenvalue weighted by Crippen LogP contribution is 2.23. The summed E-state index contributed by atoms with van der Waals surface area (Å²) in [4.78, 5) is 12.8. The van der Waals surface area contributed by atoms with E-state index in [2.05, 4.69) is 26.0 Å². The van der Waals surface area contributed by atoms with E-state index in [0.29, 0.717) is 16.9 Å². The molecule has 1 amide bonds. The molecule has 0 aliphatic rings. The van der Waals surface area contributed by atoms with Crippen LogP contribution in [0, 0.1) is 13.8 Å². The van der Waals surface area contributed by atoms with Gasteiger partial charge in [-0.2, -0.15) is 0 Å². The summed E-state index contributed by atoms with van der Waals surface area (Å²) in [6.45, 7) is 3.71. The lowest BCUT2D eigenvalue weighted by Gasteiger charge is -2.13. The number of benzene rings is 3. The third kappa shape index (κ3) is 4.61. The molecule has 0 spiro atoms. The molecule has 0 radical (unpaired) electrons. The number of rotatable bonds is 5. The second-order valence-electron chi connectivity index (χ2n) is 6.37. The Labute approximate surface area is 173 Å². The molecule has 0 atom stereocenters. The lowest BCUT2D eigenvalue weighted by atomic mass is 10.1. The summed E-state index contributed by atoms with van der Waals surface area (Å²) in [7, 11) is -3.73. The van der Waals surface area contributed by atoms with Gasteiger partial charge in [0, 0.05) is 15.7 Å². The Morgan fingerprint density at radius 1 is 0.893 bits per heavy atom. The molecule has 0 aliphatic heterocycles. The number of halogens is 1. The first kappa shape index (κ1) is 20.1. The van der Waals surface area contributed by atoms with Crippen molar-refractivity contribution >= 4 is 43.2 Å². The molecular weight excluding hydrogens is 440 g/mol. The van der Waals surface area contributed by atoms with Crippen LogP contribution in [0.4, 0.5) is 11.4 Å². The zero-order chi connectivity index (χ0) is 20.3. The fraction of sp³-hybridized carbons (Fsp3) is 0.0952. The topological polar surface area (TPSA) is 75.3 Å². The van der Waals surface area contributed by atoms with E-state index in [9.17, 15) is 13.2 Å². The molecular formula is C21H19BrN2O3S. The van der Waals surface area contributed by atoms with Gasteiger partial charge >= 0.3 is 0 Å². The molecule has 3 rings (SSSR count). The van der Waals surface area contributed by atoms with Gasteiger partial charge < -0.3 is 5.32 Å². The summed E-state index contributed by atoms with van der Waals surface area (Å²) in [5.41, 5.74) is 3.10. The molecule has 7 heteroatoms. The fourth-order valence-electron chi connectivity index (χ4n) is 2.60. The number of sulfonamides is 1. The molecule has 3 aromatic rings. The van der Waals surface area contributed by atoms with Crippen LogP contribution in [0.15, 0.2) is 76.1 Å². The first-order chi connectivity index (χ1) is 13.3. The van der Waals surface area contributed by atoms with Crippen molar-refractivity contribution in [2.45, 2.75) is 18.7 Å². The highest BCUT2D eigenvalue weighted by atomic mass is 79.9. The predicted molar refractivity (Wildman–Crippen MR) is 115 cm³/mol. The molecule has 0 bridgehead atoms. The van der Waals surface area contributed by atoms with Gasteiger partial charge in [0.2, 0.25) is 0 Å². The Bertz CT molecular complexity index is 1130. The molecule has 0 fully saturated rings. The second-order valence-corrected chi connectivity index (χ2v) is 8.90. The maximum Gasteiger partial charge on any atom is 0.261 e. The quantitative estimate of drug-likeness (QED) is 0.556. The van der Waals surface area contributed by atoms with E-state index in [-0.39, 0.29) is 10.8 Å². The monoisotopic (exact) mass is 458 g/mol. The Balaban J connectivity index is 1.84. The molecule has 144 valence electrons. The molecule has 0 saturated carbocycles. The number of hydrogen-bond donors (Lipinski definition) is 2. The minimum atomic E-state index is -3.73. The van der Waals surface area contributed by atoms with E-state index in [1.807, 2.05) is 19.1 Å². The van der Waals surface area contributed by atoms with Crippen molar-refractivity contribution in [2.24, 2.45) is 0 Å². The van der Waals surface area contributed by atoms with Crippen LogP contribution < -0.4 is 10.0 Å². The van der Waals surface area contributed by atoms with E-state index >= 15 is 0 Å². The van der Waals surface area contributed by atoms with Crippen LogP contribution >= 0.6 is 15.9 Å². The van der Waals surface area contributed by atoms with Gasteiger partial charge in [-0.15, -0.1) is 0 Å². The second kappa shape index (κ2) is 8.16. The molecule has 28 heavy (non-hydrogen) atoms. The predicted octanol–water partition coefficient (Wildman–Crippen LogP) is 5.12. The van der Waals surface area contributed by atoms with Gasteiger partial charge in [0.1, 0.15) is 0 Å². The van der Waals surface area contributed by atoms with Crippen LogP contribution in [-0.2, 0) is 10.0 Å². The van der Waals surface area contributed by atoms with Gasteiger partial charge in [-0.25, -0.2) is 8.42 Å². The maximum absolute atomic E-state index is 12.6. The standard InChI is InChI=1S/C21H19BrN2O3S/c1-14-8-9-16(21(25)23-17-10-11-19(22)15(2)12-17)13-20(14)24-28(26,27)18-6-4-3-5-7-18/h3-13,24H,1-2H3,(H,23,25). The SMILES string of the molecule is Cc1cc(NC(=O)c2ccc(C)c(NS(=O)(=O)c3ccccc3)c2)ccc1Br. The highest BCUT2D eigenvalue weighted by Gasteiger charge is 2.16. The average molecular weight is 459 g/mol. The molecule has 0 heterocycles. The van der Waals surface area contributed by atoms with Crippen molar-refractivity contribution in [2.75, 3.05) is 10.0 Å². The first-order valence-electron chi connectivity index (χ1n) is 8.52. The van der Waals surface area contributed by atoms with Crippen molar-refractivity contribution in [3.05, 3.63) is 87.9 Å². The van der Waals surface area contributed by atoms with Crippen LogP contribution in [0.25, 0.3) is 0 Å². The van der Waals surface area contributed by atoms with Crippen molar-refractivity contribution in [1.29, 1.82) is 0 Å². The van der Waals surface area contributed by atoms with Crippen LogP contribution in [0.5, 0.6) is 0 Å². The molecule has 0 aromatic heterocycles. The average Bonchev–Trinajstić information content (AvgIpc) is 2.67. The third-order valence-corrected chi connectivity index (χ3v) is 6.48. The molecule has 0 saturated heterocycles. The van der Waals surface area contributed by atoms with Gasteiger partial charge in [0.05, 0.1) is 10.6 Å². The van der Waals surface area contributed by atoms with E-state index < -0.39 is 10.0 Å².